The zero-order valence-electron chi connectivity index (χ0n) is 19.1. The Morgan fingerprint density at radius 3 is 2.63 bits per heavy atom. The largest absolute Gasteiger partial charge is 0.377 e. The van der Waals surface area contributed by atoms with Gasteiger partial charge >= 0.3 is 0 Å². The monoisotopic (exact) mass is 517 g/mol. The van der Waals surface area contributed by atoms with E-state index in [2.05, 4.69) is 10.3 Å². The number of carbonyl (C=O) groups excluding carboxylic acids is 1. The van der Waals surface area contributed by atoms with E-state index in [4.69, 9.17) is 16.3 Å². The van der Waals surface area contributed by atoms with E-state index >= 15 is 0 Å². The summed E-state index contributed by atoms with van der Waals surface area (Å²) in [6, 6.07) is 14.0. The molecule has 7 nitrogen and oxygen atoms in total. The summed E-state index contributed by atoms with van der Waals surface area (Å²) >= 11 is 6.28. The number of pyridine rings is 1. The lowest BCUT2D eigenvalue weighted by atomic mass is 10.0. The summed E-state index contributed by atoms with van der Waals surface area (Å²) in [5, 5.41) is 3.14. The molecule has 10 heteroatoms. The molecule has 1 amide bonds. The first kappa shape index (κ1) is 25.1. The normalized spacial score (nSPS) is 16.2. The number of hydrogen-bond acceptors (Lipinski definition) is 6. The van der Waals surface area contributed by atoms with Crippen LogP contribution in [0.5, 0.6) is 0 Å². The topological polar surface area (TPSA) is 88.6 Å². The van der Waals surface area contributed by atoms with Crippen molar-refractivity contribution in [3.63, 3.8) is 0 Å². The SMILES string of the molecule is CCS(=O)(=O)c1ccc(CNC(=O)c2ccc(N3CCOC[C@H]3c3ccc(F)cc3Cl)nc2)cc1. The smallest absolute Gasteiger partial charge is 0.253 e. The van der Waals surface area contributed by atoms with Gasteiger partial charge < -0.3 is 15.0 Å². The zero-order chi connectivity index (χ0) is 25.0. The summed E-state index contributed by atoms with van der Waals surface area (Å²) in [6.45, 7) is 3.31. The summed E-state index contributed by atoms with van der Waals surface area (Å²) in [7, 11) is -3.26. The Hall–Kier alpha value is -3.01. The van der Waals surface area contributed by atoms with Gasteiger partial charge in [-0.05, 0) is 47.5 Å². The number of morpholine rings is 1. The minimum absolute atomic E-state index is 0.0359. The molecular weight excluding hydrogens is 493 g/mol. The predicted octanol–water partition coefficient (Wildman–Crippen LogP) is 4.18. The average molecular weight is 518 g/mol. The number of sulfone groups is 1. The average Bonchev–Trinajstić information content (AvgIpc) is 2.88. The fraction of sp³-hybridized carbons (Fsp3) is 0.280. The van der Waals surface area contributed by atoms with Crippen LogP contribution in [0, 0.1) is 5.82 Å². The quantitative estimate of drug-likeness (QED) is 0.506. The van der Waals surface area contributed by atoms with Crippen molar-refractivity contribution < 1.29 is 22.3 Å². The van der Waals surface area contributed by atoms with Crippen molar-refractivity contribution in [2.45, 2.75) is 24.4 Å². The molecule has 0 bridgehead atoms. The molecule has 3 aromatic rings. The molecule has 0 unspecified atom stereocenters. The van der Waals surface area contributed by atoms with Crippen LogP contribution in [0.4, 0.5) is 10.2 Å². The molecule has 2 aromatic carbocycles. The van der Waals surface area contributed by atoms with Crippen molar-refractivity contribution >= 4 is 33.2 Å². The highest BCUT2D eigenvalue weighted by atomic mass is 35.5. The first-order valence-corrected chi connectivity index (χ1v) is 13.2. The van der Waals surface area contributed by atoms with Crippen LogP contribution in [0.1, 0.15) is 34.5 Å². The van der Waals surface area contributed by atoms with E-state index in [9.17, 15) is 17.6 Å². The van der Waals surface area contributed by atoms with Gasteiger partial charge in [0.25, 0.3) is 5.91 Å². The fourth-order valence-corrected chi connectivity index (χ4v) is 5.04. The van der Waals surface area contributed by atoms with Gasteiger partial charge in [0.1, 0.15) is 11.6 Å². The molecule has 2 heterocycles. The molecule has 4 rings (SSSR count). The molecule has 0 aliphatic carbocycles. The van der Waals surface area contributed by atoms with Crippen LogP contribution in [0.3, 0.4) is 0 Å². The molecular formula is C25H25ClFN3O4S. The molecule has 1 aromatic heterocycles. The minimum Gasteiger partial charge on any atom is -0.377 e. The third-order valence-electron chi connectivity index (χ3n) is 5.87. The lowest BCUT2D eigenvalue weighted by Gasteiger charge is -2.37. The van der Waals surface area contributed by atoms with E-state index in [-0.39, 0.29) is 29.1 Å². The van der Waals surface area contributed by atoms with Crippen LogP contribution in [-0.2, 0) is 21.1 Å². The van der Waals surface area contributed by atoms with Crippen LogP contribution in [-0.4, -0.2) is 44.8 Å². The first-order chi connectivity index (χ1) is 16.8. The van der Waals surface area contributed by atoms with Gasteiger partial charge in [-0.1, -0.05) is 36.7 Å². The number of anilines is 1. The molecule has 1 atom stereocenters. The summed E-state index contributed by atoms with van der Waals surface area (Å²) in [4.78, 5) is 19.4. The molecule has 0 spiro atoms. The molecule has 1 N–H and O–H groups in total. The number of hydrogen-bond donors (Lipinski definition) is 1. The Labute approximate surface area is 208 Å². The number of rotatable bonds is 7. The standard InChI is InChI=1S/C25H25ClFN3O4S/c1-2-35(32,33)20-7-3-17(4-8-20)14-29-25(31)18-5-10-24(28-15-18)30-11-12-34-16-23(30)21-9-6-19(27)13-22(21)26/h3-10,13,15,23H,2,11-12,14,16H2,1H3,(H,29,31)/t23-/m0/s1. The van der Waals surface area contributed by atoms with Crippen molar-refractivity contribution in [2.75, 3.05) is 30.4 Å². The van der Waals surface area contributed by atoms with Crippen LogP contribution in [0.25, 0.3) is 0 Å². The van der Waals surface area contributed by atoms with Crippen LogP contribution in [0.2, 0.25) is 5.02 Å². The van der Waals surface area contributed by atoms with Gasteiger partial charge in [-0.15, -0.1) is 0 Å². The number of carbonyl (C=O) groups is 1. The lowest BCUT2D eigenvalue weighted by molar-refractivity contribution is 0.0934. The third kappa shape index (κ3) is 5.80. The van der Waals surface area contributed by atoms with Gasteiger partial charge in [0.05, 0.1) is 35.5 Å². The van der Waals surface area contributed by atoms with Gasteiger partial charge in [-0.2, -0.15) is 0 Å². The second kappa shape index (κ2) is 10.7. The van der Waals surface area contributed by atoms with E-state index in [1.165, 1.54) is 18.3 Å². The number of benzene rings is 2. The summed E-state index contributed by atoms with van der Waals surface area (Å²) in [5.74, 6) is -0.0105. The highest BCUT2D eigenvalue weighted by Crippen LogP contribution is 2.33. The lowest BCUT2D eigenvalue weighted by Crippen LogP contribution is -2.40. The van der Waals surface area contributed by atoms with Crippen LogP contribution < -0.4 is 10.2 Å². The van der Waals surface area contributed by atoms with Crippen molar-refractivity contribution in [2.24, 2.45) is 0 Å². The summed E-state index contributed by atoms with van der Waals surface area (Å²) < 4.78 is 43.0. The van der Waals surface area contributed by atoms with Gasteiger partial charge in [-0.3, -0.25) is 4.79 Å². The maximum absolute atomic E-state index is 13.5. The van der Waals surface area contributed by atoms with Crippen molar-refractivity contribution in [3.8, 4) is 0 Å². The Kier molecular flexibility index (Phi) is 7.69. The first-order valence-electron chi connectivity index (χ1n) is 11.1. The Bertz CT molecular complexity index is 1300. The number of aromatic nitrogens is 1. The molecule has 35 heavy (non-hydrogen) atoms. The molecule has 0 radical (unpaired) electrons. The van der Waals surface area contributed by atoms with Gasteiger partial charge in [-0.25, -0.2) is 17.8 Å². The van der Waals surface area contributed by atoms with E-state index in [0.717, 1.165) is 11.1 Å². The van der Waals surface area contributed by atoms with Crippen molar-refractivity contribution in [3.05, 3.63) is 88.3 Å². The maximum Gasteiger partial charge on any atom is 0.253 e. The molecule has 184 valence electrons. The van der Waals surface area contributed by atoms with E-state index in [1.807, 2.05) is 4.90 Å². The molecule has 1 saturated heterocycles. The maximum atomic E-state index is 13.5. The third-order valence-corrected chi connectivity index (χ3v) is 7.95. The highest BCUT2D eigenvalue weighted by molar-refractivity contribution is 7.91. The number of amides is 1. The number of ether oxygens (including phenoxy) is 1. The predicted molar refractivity (Wildman–Crippen MR) is 132 cm³/mol. The number of halogens is 2. The van der Waals surface area contributed by atoms with Crippen molar-refractivity contribution in [1.29, 1.82) is 0 Å². The summed E-state index contributed by atoms with van der Waals surface area (Å²) in [5.41, 5.74) is 1.92. The van der Waals surface area contributed by atoms with Gasteiger partial charge in [0.2, 0.25) is 0 Å². The second-order valence-electron chi connectivity index (χ2n) is 8.09. The van der Waals surface area contributed by atoms with Crippen LogP contribution >= 0.6 is 11.6 Å². The fourth-order valence-electron chi connectivity index (χ4n) is 3.86. The molecule has 1 aliphatic rings. The molecule has 1 fully saturated rings. The van der Waals surface area contributed by atoms with Crippen molar-refractivity contribution in [1.82, 2.24) is 10.3 Å². The Morgan fingerprint density at radius 1 is 1.20 bits per heavy atom. The van der Waals surface area contributed by atoms with Crippen LogP contribution in [0.15, 0.2) is 65.7 Å². The molecule has 0 saturated carbocycles. The summed E-state index contributed by atoms with van der Waals surface area (Å²) in [6.07, 6.45) is 1.50. The Morgan fingerprint density at radius 2 is 1.97 bits per heavy atom. The van der Waals surface area contributed by atoms with E-state index < -0.39 is 15.7 Å². The zero-order valence-corrected chi connectivity index (χ0v) is 20.7. The Balaban J connectivity index is 1.42. The number of nitrogens with one attached hydrogen (secondary N) is 1. The number of nitrogens with zero attached hydrogens (tertiary/aromatic N) is 2. The highest BCUT2D eigenvalue weighted by Gasteiger charge is 2.27. The second-order valence-corrected chi connectivity index (χ2v) is 10.8. The van der Waals surface area contributed by atoms with Gasteiger partial charge in [0.15, 0.2) is 9.84 Å². The van der Waals surface area contributed by atoms with E-state index in [0.29, 0.717) is 36.2 Å². The van der Waals surface area contributed by atoms with Gasteiger partial charge in [0, 0.05) is 24.3 Å². The molecule has 1 aliphatic heterocycles. The minimum atomic E-state index is -3.26. The van der Waals surface area contributed by atoms with E-state index in [1.54, 1.807) is 49.4 Å².